The van der Waals surface area contributed by atoms with Gasteiger partial charge in [-0.2, -0.15) is 0 Å². The van der Waals surface area contributed by atoms with Crippen LogP contribution in [0.2, 0.25) is 0 Å². The van der Waals surface area contributed by atoms with Crippen molar-refractivity contribution >= 4 is 11.6 Å². The minimum absolute atomic E-state index is 0.0604. The van der Waals surface area contributed by atoms with Crippen molar-refractivity contribution in [3.63, 3.8) is 0 Å². The van der Waals surface area contributed by atoms with Crippen LogP contribution in [0.25, 0.3) is 0 Å². The molecule has 1 N–H and O–H groups in total. The molecule has 0 radical (unpaired) electrons. The maximum Gasteiger partial charge on any atom is 0.230 e. The van der Waals surface area contributed by atoms with Crippen LogP contribution < -0.4 is 5.43 Å². The topological polar surface area (TPSA) is 67.9 Å². The van der Waals surface area contributed by atoms with Crippen molar-refractivity contribution in [1.29, 1.82) is 0 Å². The Bertz CT molecular complexity index is 618. The molecule has 0 bridgehead atoms. The number of methoxy groups -OCH3 is 1. The number of hydrazine groups is 1. The molecule has 1 aromatic rings. The normalized spacial score (nSPS) is 19.5. The first kappa shape index (κ1) is 13.8. The number of carbonyl (C=O) groups is 2. The van der Waals surface area contributed by atoms with Crippen LogP contribution in [0.5, 0.6) is 0 Å². The Morgan fingerprint density at radius 1 is 1.10 bits per heavy atom. The van der Waals surface area contributed by atoms with Gasteiger partial charge in [0.2, 0.25) is 11.6 Å². The smallest absolute Gasteiger partial charge is 0.230 e. The second kappa shape index (κ2) is 5.67. The monoisotopic (exact) mass is 288 g/mol. The average molecular weight is 288 g/mol. The average Bonchev–Trinajstić information content (AvgIpc) is 2.54. The summed E-state index contributed by atoms with van der Waals surface area (Å²) >= 11 is 0. The second-order valence-corrected chi connectivity index (χ2v) is 4.82. The molecule has 3 rings (SSSR count). The molecule has 1 fully saturated rings. The number of ether oxygens (including phenoxy) is 2. The van der Waals surface area contributed by atoms with Gasteiger partial charge < -0.3 is 14.9 Å². The molecule has 1 heterocycles. The van der Waals surface area contributed by atoms with E-state index in [0.29, 0.717) is 37.4 Å². The third-order valence-corrected chi connectivity index (χ3v) is 3.56. The molecule has 1 aromatic carbocycles. The number of benzene rings is 1. The van der Waals surface area contributed by atoms with E-state index in [9.17, 15) is 9.59 Å². The molecule has 0 aromatic heterocycles. The molecule has 6 heteroatoms. The lowest BCUT2D eigenvalue weighted by Gasteiger charge is -2.30. The number of nitrogens with one attached hydrogen (secondary N) is 1. The van der Waals surface area contributed by atoms with E-state index in [4.69, 9.17) is 9.47 Å². The van der Waals surface area contributed by atoms with Crippen molar-refractivity contribution in [1.82, 2.24) is 10.4 Å². The van der Waals surface area contributed by atoms with E-state index >= 15 is 0 Å². The fraction of sp³-hybridized carbons (Fsp3) is 0.333. The lowest BCUT2D eigenvalue weighted by atomic mass is 9.91. The van der Waals surface area contributed by atoms with Crippen molar-refractivity contribution in [2.45, 2.75) is 0 Å². The number of Topliss-reactive ketones (excluding diaryl/α,β-unsaturated/α-hetero) is 2. The molecule has 21 heavy (non-hydrogen) atoms. The maximum atomic E-state index is 12.6. The predicted molar refractivity (Wildman–Crippen MR) is 74.7 cm³/mol. The van der Waals surface area contributed by atoms with Gasteiger partial charge >= 0.3 is 0 Å². The van der Waals surface area contributed by atoms with Crippen LogP contribution in [0.4, 0.5) is 0 Å². The molecule has 6 nitrogen and oxygen atoms in total. The first-order valence-corrected chi connectivity index (χ1v) is 6.78. The minimum atomic E-state index is -0.275. The zero-order chi connectivity index (χ0) is 14.8. The molecule has 0 unspecified atom stereocenters. The standard InChI is InChI=1S/C15H16N2O4/c1-20-15-12(16-17-6-8-21-9-7-17)13(18)10-4-2-3-5-11(10)14(15)19/h2-5,16H,6-9H2,1H3. The van der Waals surface area contributed by atoms with Crippen molar-refractivity contribution < 1.29 is 19.1 Å². The van der Waals surface area contributed by atoms with Gasteiger partial charge in [0.1, 0.15) is 5.70 Å². The lowest BCUT2D eigenvalue weighted by Crippen LogP contribution is -2.48. The van der Waals surface area contributed by atoms with Crippen LogP contribution in [0.3, 0.4) is 0 Å². The number of hydrogen-bond acceptors (Lipinski definition) is 6. The molecule has 1 saturated heterocycles. The Labute approximate surface area is 122 Å². The van der Waals surface area contributed by atoms with Crippen LogP contribution >= 0.6 is 0 Å². The summed E-state index contributed by atoms with van der Waals surface area (Å²) in [6.45, 7) is 2.45. The molecule has 0 amide bonds. The summed E-state index contributed by atoms with van der Waals surface area (Å²) in [5.41, 5.74) is 4.00. The van der Waals surface area contributed by atoms with Crippen molar-refractivity contribution in [3.8, 4) is 0 Å². The maximum absolute atomic E-state index is 12.6. The fourth-order valence-electron chi connectivity index (χ4n) is 2.48. The van der Waals surface area contributed by atoms with E-state index in [1.165, 1.54) is 7.11 Å². The van der Waals surface area contributed by atoms with E-state index in [0.717, 1.165) is 0 Å². The Kier molecular flexibility index (Phi) is 3.72. The summed E-state index contributed by atoms with van der Waals surface area (Å²) in [6.07, 6.45) is 0. The molecule has 0 spiro atoms. The first-order chi connectivity index (χ1) is 10.2. The zero-order valence-electron chi connectivity index (χ0n) is 11.7. The molecular weight excluding hydrogens is 272 g/mol. The van der Waals surface area contributed by atoms with E-state index in [1.54, 1.807) is 24.3 Å². The Morgan fingerprint density at radius 2 is 1.71 bits per heavy atom. The molecular formula is C15H16N2O4. The van der Waals surface area contributed by atoms with E-state index in [-0.39, 0.29) is 23.0 Å². The number of nitrogens with zero attached hydrogens (tertiary/aromatic N) is 1. The summed E-state index contributed by atoms with van der Waals surface area (Å²) in [4.78, 5) is 25.0. The second-order valence-electron chi connectivity index (χ2n) is 4.82. The summed E-state index contributed by atoms with van der Waals surface area (Å²) in [5, 5.41) is 1.86. The molecule has 2 aliphatic rings. The number of hydrogen-bond donors (Lipinski definition) is 1. The minimum Gasteiger partial charge on any atom is -0.491 e. The molecule has 0 saturated carbocycles. The van der Waals surface area contributed by atoms with Gasteiger partial charge in [0.15, 0.2) is 5.76 Å². The van der Waals surface area contributed by atoms with E-state index in [1.807, 2.05) is 5.01 Å². The van der Waals surface area contributed by atoms with Gasteiger partial charge in [0.05, 0.1) is 20.3 Å². The van der Waals surface area contributed by atoms with Gasteiger partial charge in [0, 0.05) is 24.2 Å². The van der Waals surface area contributed by atoms with Gasteiger partial charge in [0.25, 0.3) is 0 Å². The van der Waals surface area contributed by atoms with E-state index in [2.05, 4.69) is 5.43 Å². The Balaban J connectivity index is 1.96. The van der Waals surface area contributed by atoms with Crippen LogP contribution in [0.15, 0.2) is 35.7 Å². The van der Waals surface area contributed by atoms with Gasteiger partial charge in [-0.15, -0.1) is 0 Å². The van der Waals surface area contributed by atoms with Crippen LogP contribution in [0.1, 0.15) is 20.7 Å². The van der Waals surface area contributed by atoms with Gasteiger partial charge in [-0.3, -0.25) is 9.59 Å². The third-order valence-electron chi connectivity index (χ3n) is 3.56. The SMILES string of the molecule is COC1=C(NN2CCOCC2)C(=O)c2ccccc2C1=O. The summed E-state index contributed by atoms with van der Waals surface area (Å²) in [6, 6.07) is 6.77. The number of fused-ring (bicyclic) bond motifs is 1. The van der Waals surface area contributed by atoms with Crippen LogP contribution in [-0.2, 0) is 9.47 Å². The number of allylic oxidation sites excluding steroid dienone is 2. The predicted octanol–water partition coefficient (Wildman–Crippen LogP) is 0.760. The van der Waals surface area contributed by atoms with Crippen molar-refractivity contribution in [3.05, 3.63) is 46.8 Å². The molecule has 0 atom stereocenters. The van der Waals surface area contributed by atoms with Crippen molar-refractivity contribution in [2.24, 2.45) is 0 Å². The highest BCUT2D eigenvalue weighted by Gasteiger charge is 2.34. The Hall–Kier alpha value is -2.18. The fourth-order valence-corrected chi connectivity index (χ4v) is 2.48. The zero-order valence-corrected chi connectivity index (χ0v) is 11.7. The number of morpholine rings is 1. The van der Waals surface area contributed by atoms with Crippen LogP contribution in [0, 0.1) is 0 Å². The highest BCUT2D eigenvalue weighted by Crippen LogP contribution is 2.25. The first-order valence-electron chi connectivity index (χ1n) is 6.78. The highest BCUT2D eigenvalue weighted by molar-refractivity contribution is 6.25. The van der Waals surface area contributed by atoms with Gasteiger partial charge in [-0.25, -0.2) is 5.01 Å². The summed E-state index contributed by atoms with van der Waals surface area (Å²) in [7, 11) is 1.40. The molecule has 1 aliphatic carbocycles. The number of carbonyl (C=O) groups excluding carboxylic acids is 2. The van der Waals surface area contributed by atoms with Gasteiger partial charge in [-0.1, -0.05) is 24.3 Å². The van der Waals surface area contributed by atoms with Gasteiger partial charge in [-0.05, 0) is 0 Å². The lowest BCUT2D eigenvalue weighted by molar-refractivity contribution is 0.0170. The number of ketones is 2. The van der Waals surface area contributed by atoms with E-state index < -0.39 is 0 Å². The molecule has 110 valence electrons. The Morgan fingerprint density at radius 3 is 2.33 bits per heavy atom. The molecule has 1 aliphatic heterocycles. The quantitative estimate of drug-likeness (QED) is 0.885. The summed E-state index contributed by atoms with van der Waals surface area (Å²) < 4.78 is 10.4. The number of rotatable bonds is 3. The summed E-state index contributed by atoms with van der Waals surface area (Å²) in [5.74, 6) is -0.442. The largest absolute Gasteiger partial charge is 0.491 e. The van der Waals surface area contributed by atoms with Crippen molar-refractivity contribution in [2.75, 3.05) is 33.4 Å². The third kappa shape index (κ3) is 2.43. The highest BCUT2D eigenvalue weighted by atomic mass is 16.5. The van der Waals surface area contributed by atoms with Crippen LogP contribution in [-0.4, -0.2) is 50.0 Å².